The van der Waals surface area contributed by atoms with Crippen LogP contribution < -0.4 is 5.32 Å². The van der Waals surface area contributed by atoms with Gasteiger partial charge in [-0.3, -0.25) is 0 Å². The minimum atomic E-state index is -3.02. The summed E-state index contributed by atoms with van der Waals surface area (Å²) in [5, 5.41) is 2.65. The van der Waals surface area contributed by atoms with E-state index in [9.17, 15) is 0 Å². The van der Waals surface area contributed by atoms with E-state index in [0.29, 0.717) is 0 Å². The Morgan fingerprint density at radius 3 is 2.38 bits per heavy atom. The predicted octanol–water partition coefficient (Wildman–Crippen LogP) is -1.10. The molecule has 0 amide bonds. The Bertz CT molecular complexity index is 84.1. The number of nitrogens with one attached hydrogen (secondary N) is 1. The van der Waals surface area contributed by atoms with E-state index >= 15 is 0 Å². The molecule has 48 valence electrons. The van der Waals surface area contributed by atoms with Crippen LogP contribution in [0.1, 0.15) is 0 Å². The van der Waals surface area contributed by atoms with Crippen LogP contribution in [-0.2, 0) is 0 Å². The van der Waals surface area contributed by atoms with E-state index in [2.05, 4.69) is 11.9 Å². The molecule has 0 aliphatic rings. The third-order valence-corrected chi connectivity index (χ3v) is 2.29. The van der Waals surface area contributed by atoms with Crippen molar-refractivity contribution in [2.75, 3.05) is 13.2 Å². The minimum Gasteiger partial charge on any atom is -0.407 e. The molecule has 0 atom stereocenters. The normalized spacial score (nSPS) is 11.4. The van der Waals surface area contributed by atoms with E-state index in [1.807, 2.05) is 0 Å². The third kappa shape index (κ3) is 2.92. The molecule has 0 unspecified atom stereocenters. The summed E-state index contributed by atoms with van der Waals surface area (Å²) in [6.45, 7) is 3.27. The summed E-state index contributed by atoms with van der Waals surface area (Å²) in [6.07, 6.45) is 0.247. The largest absolute Gasteiger partial charge is 0.407 e. The standard InChI is InChI=1S/C4H11NO2Si/c1-3-8(6,7)4-5-2/h3,5-7H,1,4H2,2H3. The molecule has 4 heteroatoms. The van der Waals surface area contributed by atoms with Gasteiger partial charge in [0.2, 0.25) is 0 Å². The molecule has 0 bridgehead atoms. The number of hydrogen-bond acceptors (Lipinski definition) is 3. The lowest BCUT2D eigenvalue weighted by molar-refractivity contribution is 0.375. The van der Waals surface area contributed by atoms with Gasteiger partial charge in [0.25, 0.3) is 0 Å². The van der Waals surface area contributed by atoms with Gasteiger partial charge in [0.15, 0.2) is 0 Å². The van der Waals surface area contributed by atoms with E-state index in [1.54, 1.807) is 7.05 Å². The van der Waals surface area contributed by atoms with Gasteiger partial charge in [0.1, 0.15) is 0 Å². The van der Waals surface area contributed by atoms with Crippen molar-refractivity contribution in [1.29, 1.82) is 0 Å². The molecule has 0 spiro atoms. The highest BCUT2D eigenvalue weighted by atomic mass is 28.4. The first-order valence-corrected chi connectivity index (χ1v) is 4.53. The molecule has 0 aliphatic carbocycles. The summed E-state index contributed by atoms with van der Waals surface area (Å²) >= 11 is 0. The van der Waals surface area contributed by atoms with Crippen molar-refractivity contribution in [3.05, 3.63) is 12.3 Å². The van der Waals surface area contributed by atoms with E-state index in [4.69, 9.17) is 9.59 Å². The Kier molecular flexibility index (Phi) is 2.92. The molecular weight excluding hydrogens is 122 g/mol. The summed E-state index contributed by atoms with van der Waals surface area (Å²) in [7, 11) is -1.36. The van der Waals surface area contributed by atoms with E-state index in [0.717, 1.165) is 0 Å². The summed E-state index contributed by atoms with van der Waals surface area (Å²) in [6, 6.07) is 0. The molecule has 0 fully saturated rings. The molecule has 0 aromatic carbocycles. The van der Waals surface area contributed by atoms with Crippen molar-refractivity contribution in [1.82, 2.24) is 5.32 Å². The molecule has 0 saturated heterocycles. The molecule has 3 N–H and O–H groups in total. The van der Waals surface area contributed by atoms with Crippen LogP contribution in [0, 0.1) is 0 Å². The third-order valence-electron chi connectivity index (χ3n) is 0.764. The fraction of sp³-hybridized carbons (Fsp3) is 0.500. The van der Waals surface area contributed by atoms with Crippen LogP contribution >= 0.6 is 0 Å². The fourth-order valence-electron chi connectivity index (χ4n) is 0.332. The Morgan fingerprint density at radius 1 is 1.75 bits per heavy atom. The summed E-state index contributed by atoms with van der Waals surface area (Å²) in [5.41, 5.74) is 1.21. The van der Waals surface area contributed by atoms with E-state index in [1.165, 1.54) is 5.70 Å². The van der Waals surface area contributed by atoms with Crippen molar-refractivity contribution in [2.24, 2.45) is 0 Å². The van der Waals surface area contributed by atoms with Crippen molar-refractivity contribution < 1.29 is 9.59 Å². The Labute approximate surface area is 49.9 Å². The Hall–Kier alpha value is -0.163. The smallest absolute Gasteiger partial charge is 0.373 e. The summed E-state index contributed by atoms with van der Waals surface area (Å²) in [4.78, 5) is 17.7. The van der Waals surface area contributed by atoms with Gasteiger partial charge in [-0.15, -0.1) is 6.58 Å². The van der Waals surface area contributed by atoms with Crippen LogP contribution in [0.4, 0.5) is 0 Å². The molecule has 0 aliphatic heterocycles. The molecule has 3 nitrogen and oxygen atoms in total. The van der Waals surface area contributed by atoms with Crippen LogP contribution in [0.25, 0.3) is 0 Å². The van der Waals surface area contributed by atoms with Gasteiger partial charge in [0, 0.05) is 6.17 Å². The topological polar surface area (TPSA) is 52.5 Å². The van der Waals surface area contributed by atoms with Gasteiger partial charge in [-0.1, -0.05) is 0 Å². The van der Waals surface area contributed by atoms with E-state index < -0.39 is 8.56 Å². The van der Waals surface area contributed by atoms with Gasteiger partial charge < -0.3 is 14.9 Å². The molecule has 0 aromatic heterocycles. The molecule has 0 aromatic rings. The summed E-state index contributed by atoms with van der Waals surface area (Å²) in [5.74, 6) is 0. The zero-order valence-corrected chi connectivity index (χ0v) is 5.89. The lowest BCUT2D eigenvalue weighted by atomic mass is 11.2. The lowest BCUT2D eigenvalue weighted by Gasteiger charge is -2.10. The Balaban J connectivity index is 3.53. The highest BCUT2D eigenvalue weighted by Gasteiger charge is 2.22. The molecule has 8 heavy (non-hydrogen) atoms. The van der Waals surface area contributed by atoms with Crippen LogP contribution in [0.15, 0.2) is 12.3 Å². The van der Waals surface area contributed by atoms with Crippen LogP contribution in [0.3, 0.4) is 0 Å². The van der Waals surface area contributed by atoms with Crippen molar-refractivity contribution in [3.8, 4) is 0 Å². The maximum Gasteiger partial charge on any atom is 0.373 e. The molecule has 0 saturated carbocycles. The predicted molar refractivity (Wildman–Crippen MR) is 34.3 cm³/mol. The SMILES string of the molecule is C=C[Si](O)(O)CNC. The van der Waals surface area contributed by atoms with Gasteiger partial charge in [-0.25, -0.2) is 0 Å². The Morgan fingerprint density at radius 2 is 2.25 bits per heavy atom. The van der Waals surface area contributed by atoms with Crippen molar-refractivity contribution in [2.45, 2.75) is 0 Å². The van der Waals surface area contributed by atoms with Gasteiger partial charge in [-0.2, -0.15) is 0 Å². The average molecular weight is 133 g/mol. The first kappa shape index (κ1) is 7.84. The second kappa shape index (κ2) is 2.98. The highest BCUT2D eigenvalue weighted by Crippen LogP contribution is 1.87. The van der Waals surface area contributed by atoms with Gasteiger partial charge in [0.05, 0.1) is 0 Å². The molecule has 0 radical (unpaired) electrons. The highest BCUT2D eigenvalue weighted by molar-refractivity contribution is 6.70. The number of rotatable bonds is 3. The average Bonchev–Trinajstić information content (AvgIpc) is 1.67. The maximum atomic E-state index is 8.84. The van der Waals surface area contributed by atoms with Gasteiger partial charge >= 0.3 is 8.56 Å². The van der Waals surface area contributed by atoms with E-state index in [-0.39, 0.29) is 6.17 Å². The van der Waals surface area contributed by atoms with Crippen LogP contribution in [-0.4, -0.2) is 31.4 Å². The quantitative estimate of drug-likeness (QED) is 0.428. The number of hydrogen-bond donors (Lipinski definition) is 3. The maximum absolute atomic E-state index is 8.84. The molecular formula is C4H11NO2Si. The second-order valence-corrected chi connectivity index (χ2v) is 4.13. The first-order chi connectivity index (χ1) is 3.62. The molecule has 0 heterocycles. The van der Waals surface area contributed by atoms with Gasteiger partial charge in [-0.05, 0) is 12.7 Å². The van der Waals surface area contributed by atoms with Crippen molar-refractivity contribution >= 4 is 8.56 Å². The second-order valence-electron chi connectivity index (χ2n) is 1.61. The monoisotopic (exact) mass is 133 g/mol. The van der Waals surface area contributed by atoms with Crippen LogP contribution in [0.2, 0.25) is 0 Å². The zero-order chi connectivity index (χ0) is 6.62. The molecule has 0 rings (SSSR count). The fourth-order valence-corrected chi connectivity index (χ4v) is 0.997. The first-order valence-electron chi connectivity index (χ1n) is 2.35. The minimum absolute atomic E-state index is 0.247. The zero-order valence-electron chi connectivity index (χ0n) is 4.89. The lowest BCUT2D eigenvalue weighted by Crippen LogP contribution is -2.43. The summed E-state index contributed by atoms with van der Waals surface area (Å²) < 4.78 is 0. The van der Waals surface area contributed by atoms with Crippen molar-refractivity contribution in [3.63, 3.8) is 0 Å². The van der Waals surface area contributed by atoms with Crippen LogP contribution in [0.5, 0.6) is 0 Å².